The number of benzene rings is 2. The van der Waals surface area contributed by atoms with Crippen molar-refractivity contribution in [1.82, 2.24) is 9.88 Å². The van der Waals surface area contributed by atoms with Crippen LogP contribution in [0.25, 0.3) is 0 Å². The molecular formula is C25H22N4O4. The fraction of sp³-hybridized carbons (Fsp3) is 0.160. The summed E-state index contributed by atoms with van der Waals surface area (Å²) >= 11 is 0. The Hall–Kier alpha value is -4.33. The molecule has 0 aliphatic carbocycles. The summed E-state index contributed by atoms with van der Waals surface area (Å²) in [6.07, 6.45) is 3.61. The Balaban J connectivity index is 1.30. The van der Waals surface area contributed by atoms with Crippen LogP contribution in [0.1, 0.15) is 49.5 Å². The van der Waals surface area contributed by atoms with Gasteiger partial charge in [0.2, 0.25) is 5.91 Å². The molecule has 0 saturated heterocycles. The van der Waals surface area contributed by atoms with E-state index in [1.54, 1.807) is 67.0 Å². The summed E-state index contributed by atoms with van der Waals surface area (Å²) in [6.45, 7) is 2.02. The number of fused-ring (bicyclic) bond motifs is 1. The number of anilines is 2. The van der Waals surface area contributed by atoms with Crippen molar-refractivity contribution in [3.05, 3.63) is 89.2 Å². The van der Waals surface area contributed by atoms with Crippen molar-refractivity contribution >= 4 is 35.0 Å². The highest BCUT2D eigenvalue weighted by atomic mass is 16.2. The summed E-state index contributed by atoms with van der Waals surface area (Å²) in [5.74, 6) is -1.23. The fourth-order valence-electron chi connectivity index (χ4n) is 3.61. The van der Waals surface area contributed by atoms with Gasteiger partial charge in [-0.25, -0.2) is 0 Å². The molecular weight excluding hydrogens is 420 g/mol. The molecule has 2 heterocycles. The molecule has 166 valence electrons. The van der Waals surface area contributed by atoms with Crippen LogP contribution in [0.4, 0.5) is 11.4 Å². The van der Waals surface area contributed by atoms with Crippen molar-refractivity contribution in [1.29, 1.82) is 0 Å². The summed E-state index contributed by atoms with van der Waals surface area (Å²) in [4.78, 5) is 54.9. The molecule has 8 nitrogen and oxygen atoms in total. The van der Waals surface area contributed by atoms with E-state index in [1.807, 2.05) is 6.92 Å². The largest absolute Gasteiger partial charge is 0.326 e. The van der Waals surface area contributed by atoms with Crippen LogP contribution in [-0.2, 0) is 4.79 Å². The second-order valence-electron chi connectivity index (χ2n) is 7.73. The third kappa shape index (κ3) is 4.95. The van der Waals surface area contributed by atoms with Gasteiger partial charge in [-0.2, -0.15) is 0 Å². The van der Waals surface area contributed by atoms with Crippen molar-refractivity contribution in [3.63, 3.8) is 0 Å². The number of hydrogen-bond acceptors (Lipinski definition) is 5. The first-order valence-corrected chi connectivity index (χ1v) is 10.5. The summed E-state index contributed by atoms with van der Waals surface area (Å²) in [5, 5.41) is 5.52. The molecule has 4 rings (SSSR count). The first-order chi connectivity index (χ1) is 15.9. The molecule has 0 bridgehead atoms. The maximum Gasteiger partial charge on any atom is 0.261 e. The molecule has 1 aliphatic rings. The summed E-state index contributed by atoms with van der Waals surface area (Å²) in [5.41, 5.74) is 3.22. The Morgan fingerprint density at radius 2 is 1.64 bits per heavy atom. The van der Waals surface area contributed by atoms with Gasteiger partial charge in [0.1, 0.15) is 0 Å². The van der Waals surface area contributed by atoms with Crippen LogP contribution in [0.15, 0.2) is 67.0 Å². The molecule has 0 atom stereocenters. The van der Waals surface area contributed by atoms with Crippen LogP contribution in [0.3, 0.4) is 0 Å². The first kappa shape index (κ1) is 21.9. The van der Waals surface area contributed by atoms with Crippen LogP contribution in [-0.4, -0.2) is 40.1 Å². The van der Waals surface area contributed by atoms with Gasteiger partial charge in [0.15, 0.2) is 0 Å². The van der Waals surface area contributed by atoms with E-state index in [0.717, 1.165) is 5.56 Å². The molecule has 0 saturated carbocycles. The molecule has 2 N–H and O–H groups in total. The van der Waals surface area contributed by atoms with Crippen molar-refractivity contribution in [2.75, 3.05) is 17.2 Å². The second kappa shape index (κ2) is 9.44. The quantitative estimate of drug-likeness (QED) is 0.543. The van der Waals surface area contributed by atoms with Crippen LogP contribution in [0.2, 0.25) is 0 Å². The van der Waals surface area contributed by atoms with Crippen molar-refractivity contribution in [2.45, 2.75) is 19.8 Å². The Kier molecular flexibility index (Phi) is 6.26. The van der Waals surface area contributed by atoms with E-state index in [2.05, 4.69) is 15.6 Å². The van der Waals surface area contributed by atoms with E-state index in [4.69, 9.17) is 0 Å². The van der Waals surface area contributed by atoms with Gasteiger partial charge in [-0.15, -0.1) is 0 Å². The number of hydrogen-bond donors (Lipinski definition) is 2. The number of aryl methyl sites for hydroxylation is 1. The minimum absolute atomic E-state index is 0.125. The standard InChI is InChI=1S/C25H22N4O4/c1-16-7-8-20-21(14-16)25(33)29(24(20)32)13-3-6-22(30)27-19-5-2-4-17(15-19)23(31)28-18-9-11-26-12-10-18/h2,4-5,7-12,14-15H,3,6,13H2,1H3,(H,27,30)(H,26,28,31). The smallest absolute Gasteiger partial charge is 0.261 e. The molecule has 0 unspecified atom stereocenters. The lowest BCUT2D eigenvalue weighted by Crippen LogP contribution is -2.31. The van der Waals surface area contributed by atoms with Crippen LogP contribution < -0.4 is 10.6 Å². The first-order valence-electron chi connectivity index (χ1n) is 10.5. The predicted molar refractivity (Wildman–Crippen MR) is 123 cm³/mol. The van der Waals surface area contributed by atoms with Crippen molar-refractivity contribution in [2.24, 2.45) is 0 Å². The number of nitrogens with one attached hydrogen (secondary N) is 2. The van der Waals surface area contributed by atoms with Gasteiger partial charge < -0.3 is 10.6 Å². The molecule has 1 aliphatic heterocycles. The zero-order valence-corrected chi connectivity index (χ0v) is 18.0. The van der Waals surface area contributed by atoms with Gasteiger partial charge in [-0.3, -0.25) is 29.1 Å². The molecule has 8 heteroatoms. The topological polar surface area (TPSA) is 108 Å². The molecule has 0 radical (unpaired) electrons. The number of nitrogens with zero attached hydrogens (tertiary/aromatic N) is 2. The average Bonchev–Trinajstić information content (AvgIpc) is 3.04. The third-order valence-electron chi connectivity index (χ3n) is 5.26. The van der Waals surface area contributed by atoms with E-state index in [1.165, 1.54) is 4.90 Å². The normalized spacial score (nSPS) is 12.5. The molecule has 3 aromatic rings. The number of amides is 4. The maximum atomic E-state index is 12.5. The Bertz CT molecular complexity index is 1240. The second-order valence-corrected chi connectivity index (χ2v) is 7.73. The average molecular weight is 442 g/mol. The third-order valence-corrected chi connectivity index (χ3v) is 5.26. The number of imide groups is 1. The number of carbonyl (C=O) groups is 4. The highest BCUT2D eigenvalue weighted by Crippen LogP contribution is 2.24. The van der Waals surface area contributed by atoms with Crippen LogP contribution in [0.5, 0.6) is 0 Å². The maximum absolute atomic E-state index is 12.5. The van der Waals surface area contributed by atoms with E-state index in [9.17, 15) is 19.2 Å². The minimum Gasteiger partial charge on any atom is -0.326 e. The molecule has 4 amide bonds. The predicted octanol–water partition coefficient (Wildman–Crippen LogP) is 3.66. The molecule has 0 spiro atoms. The van der Waals surface area contributed by atoms with Crippen LogP contribution >= 0.6 is 0 Å². The van der Waals surface area contributed by atoms with Gasteiger partial charge in [0, 0.05) is 42.3 Å². The number of rotatable bonds is 7. The Labute approximate surface area is 190 Å². The highest BCUT2D eigenvalue weighted by molar-refractivity contribution is 6.21. The SMILES string of the molecule is Cc1ccc2c(c1)C(=O)N(CCCC(=O)Nc1cccc(C(=O)Nc3ccncc3)c1)C2=O. The Morgan fingerprint density at radius 1 is 0.879 bits per heavy atom. The lowest BCUT2D eigenvalue weighted by atomic mass is 10.1. The van der Waals surface area contributed by atoms with E-state index < -0.39 is 0 Å². The highest BCUT2D eigenvalue weighted by Gasteiger charge is 2.34. The zero-order valence-electron chi connectivity index (χ0n) is 18.0. The molecule has 0 fully saturated rings. The zero-order chi connectivity index (χ0) is 23.4. The van der Waals surface area contributed by atoms with Gasteiger partial charge in [-0.1, -0.05) is 17.7 Å². The molecule has 33 heavy (non-hydrogen) atoms. The van der Waals surface area contributed by atoms with Gasteiger partial charge >= 0.3 is 0 Å². The van der Waals surface area contributed by atoms with Crippen molar-refractivity contribution < 1.29 is 19.2 Å². The van der Waals surface area contributed by atoms with Gasteiger partial charge in [0.25, 0.3) is 17.7 Å². The number of pyridine rings is 1. The van der Waals surface area contributed by atoms with E-state index in [0.29, 0.717) is 34.5 Å². The van der Waals surface area contributed by atoms with Crippen molar-refractivity contribution in [3.8, 4) is 0 Å². The summed E-state index contributed by atoms with van der Waals surface area (Å²) in [6, 6.07) is 15.1. The fourth-order valence-corrected chi connectivity index (χ4v) is 3.61. The number of aromatic nitrogens is 1. The van der Waals surface area contributed by atoms with E-state index >= 15 is 0 Å². The van der Waals surface area contributed by atoms with Crippen LogP contribution in [0, 0.1) is 6.92 Å². The Morgan fingerprint density at radius 3 is 2.42 bits per heavy atom. The molecule has 2 aromatic carbocycles. The summed E-state index contributed by atoms with van der Waals surface area (Å²) < 4.78 is 0. The lowest BCUT2D eigenvalue weighted by molar-refractivity contribution is -0.116. The lowest BCUT2D eigenvalue weighted by Gasteiger charge is -2.13. The monoisotopic (exact) mass is 442 g/mol. The van der Waals surface area contributed by atoms with Gasteiger partial charge in [0.05, 0.1) is 11.1 Å². The number of carbonyl (C=O) groups excluding carboxylic acids is 4. The van der Waals surface area contributed by atoms with E-state index in [-0.39, 0.29) is 36.6 Å². The minimum atomic E-state index is -0.330. The summed E-state index contributed by atoms with van der Waals surface area (Å²) in [7, 11) is 0. The van der Waals surface area contributed by atoms with Gasteiger partial charge in [-0.05, 0) is 55.8 Å². The molecule has 1 aromatic heterocycles.